The number of hydrogen-bond acceptors (Lipinski definition) is 4. The number of carboxylic acids is 1. The maximum absolute atomic E-state index is 12.6. The number of carboxylic acid groups (broad SMARTS) is 1. The summed E-state index contributed by atoms with van der Waals surface area (Å²) in [5.74, 6) is -0.952. The average molecular weight is 463 g/mol. The molecule has 2 N–H and O–H groups in total. The van der Waals surface area contributed by atoms with Crippen LogP contribution in [0.1, 0.15) is 43.2 Å². The number of nitrogens with zero attached hydrogens (tertiary/aromatic N) is 1. The van der Waals surface area contributed by atoms with Gasteiger partial charge in [0.1, 0.15) is 6.61 Å². The van der Waals surface area contributed by atoms with E-state index in [4.69, 9.17) is 4.74 Å². The number of alkyl carbamates (subject to hydrolysis) is 1. The molecule has 2 amide bonds. The maximum atomic E-state index is 12.6. The van der Waals surface area contributed by atoms with E-state index in [2.05, 4.69) is 29.6 Å². The molecule has 2 aliphatic heterocycles. The van der Waals surface area contributed by atoms with Crippen LogP contribution in [0, 0.1) is 17.8 Å². The van der Waals surface area contributed by atoms with Crippen LogP contribution in [0.4, 0.5) is 4.79 Å². The van der Waals surface area contributed by atoms with Crippen molar-refractivity contribution in [2.75, 3.05) is 19.7 Å². The Bertz CT molecular complexity index is 1070. The lowest BCUT2D eigenvalue weighted by Crippen LogP contribution is -2.45. The van der Waals surface area contributed by atoms with Crippen molar-refractivity contribution in [3.8, 4) is 11.1 Å². The van der Waals surface area contributed by atoms with E-state index < -0.39 is 18.0 Å². The SMILES string of the molecule is CC(CCNC(=O)OCC1c2ccccc2-c2ccccc21)CC(=O)N1CC2CC1C2C(=O)O. The Kier molecular flexibility index (Phi) is 6.02. The van der Waals surface area contributed by atoms with Crippen molar-refractivity contribution in [2.24, 2.45) is 17.8 Å². The zero-order chi connectivity index (χ0) is 23.8. The summed E-state index contributed by atoms with van der Waals surface area (Å²) in [4.78, 5) is 38.0. The first-order valence-corrected chi connectivity index (χ1v) is 12.0. The fraction of sp³-hybridized carbons (Fsp3) is 0.444. The summed E-state index contributed by atoms with van der Waals surface area (Å²) in [5.41, 5.74) is 4.73. The number of amides is 2. The molecule has 2 aliphatic carbocycles. The standard InChI is InChI=1S/C27H30N2O5/c1-16(12-24(30)29-14-17-13-23(29)25(17)26(31)32)10-11-28-27(33)34-15-22-20-8-4-2-6-18(20)19-7-3-5-9-21(19)22/h2-9,16-17,22-23,25H,10-15H2,1H3,(H,28,33)(H,31,32). The second-order valence-electron chi connectivity index (χ2n) is 9.82. The molecule has 1 saturated carbocycles. The Morgan fingerprint density at radius 1 is 1.09 bits per heavy atom. The molecule has 2 aromatic rings. The summed E-state index contributed by atoms with van der Waals surface area (Å²) in [7, 11) is 0. The monoisotopic (exact) mass is 462 g/mol. The van der Waals surface area contributed by atoms with Gasteiger partial charge in [0.15, 0.2) is 0 Å². The molecular formula is C27H30N2O5. The molecule has 4 atom stereocenters. The third-order valence-electron chi connectivity index (χ3n) is 7.68. The normalized spacial score (nSPS) is 23.0. The lowest BCUT2D eigenvalue weighted by molar-refractivity contribution is -0.148. The molecule has 2 bridgehead atoms. The van der Waals surface area contributed by atoms with E-state index in [1.807, 2.05) is 31.2 Å². The summed E-state index contributed by atoms with van der Waals surface area (Å²) in [6, 6.07) is 16.3. The minimum absolute atomic E-state index is 0.0184. The molecule has 2 saturated heterocycles. The van der Waals surface area contributed by atoms with Gasteiger partial charge in [0.05, 0.1) is 5.92 Å². The van der Waals surface area contributed by atoms with Gasteiger partial charge in [0.25, 0.3) is 0 Å². The van der Waals surface area contributed by atoms with Gasteiger partial charge in [-0.1, -0.05) is 55.5 Å². The first-order chi connectivity index (χ1) is 16.4. The molecule has 7 nitrogen and oxygen atoms in total. The highest BCUT2D eigenvalue weighted by Gasteiger charge is 2.56. The Balaban J connectivity index is 1.06. The molecule has 2 aromatic carbocycles. The molecule has 3 fully saturated rings. The number of rotatable bonds is 8. The van der Waals surface area contributed by atoms with E-state index in [9.17, 15) is 19.5 Å². The van der Waals surface area contributed by atoms with Crippen LogP contribution in [-0.2, 0) is 14.3 Å². The molecule has 4 unspecified atom stereocenters. The zero-order valence-corrected chi connectivity index (χ0v) is 19.3. The first kappa shape index (κ1) is 22.4. The Morgan fingerprint density at radius 3 is 2.35 bits per heavy atom. The largest absolute Gasteiger partial charge is 0.481 e. The molecule has 0 spiro atoms. The molecule has 178 valence electrons. The number of carbonyl (C=O) groups excluding carboxylic acids is 2. The Labute approximate surface area is 199 Å². The first-order valence-electron chi connectivity index (χ1n) is 12.0. The minimum Gasteiger partial charge on any atom is -0.481 e. The van der Waals surface area contributed by atoms with Crippen molar-refractivity contribution < 1.29 is 24.2 Å². The second kappa shape index (κ2) is 9.12. The highest BCUT2D eigenvalue weighted by Crippen LogP contribution is 2.47. The fourth-order valence-electron chi connectivity index (χ4n) is 5.86. The van der Waals surface area contributed by atoms with Gasteiger partial charge in [-0.3, -0.25) is 9.59 Å². The number of aliphatic carboxylic acids is 1. The van der Waals surface area contributed by atoms with Gasteiger partial charge < -0.3 is 20.1 Å². The van der Waals surface area contributed by atoms with Gasteiger partial charge in [0, 0.05) is 31.5 Å². The second-order valence-corrected chi connectivity index (χ2v) is 9.82. The molecular weight excluding hydrogens is 432 g/mol. The zero-order valence-electron chi connectivity index (χ0n) is 19.3. The lowest BCUT2D eigenvalue weighted by atomic mass is 9.74. The third kappa shape index (κ3) is 4.04. The van der Waals surface area contributed by atoms with E-state index in [1.54, 1.807) is 4.90 Å². The summed E-state index contributed by atoms with van der Waals surface area (Å²) in [5, 5.41) is 12.1. The molecule has 0 radical (unpaired) electrons. The third-order valence-corrected chi connectivity index (χ3v) is 7.68. The van der Waals surface area contributed by atoms with Gasteiger partial charge in [-0.05, 0) is 46.9 Å². The van der Waals surface area contributed by atoms with E-state index in [0.29, 0.717) is 25.9 Å². The quantitative estimate of drug-likeness (QED) is 0.621. The summed E-state index contributed by atoms with van der Waals surface area (Å²) in [6.07, 6.45) is 1.37. The van der Waals surface area contributed by atoms with Crippen LogP contribution in [0.5, 0.6) is 0 Å². The topological polar surface area (TPSA) is 95.9 Å². The van der Waals surface area contributed by atoms with E-state index in [0.717, 1.165) is 6.42 Å². The van der Waals surface area contributed by atoms with Crippen LogP contribution < -0.4 is 5.32 Å². The predicted molar refractivity (Wildman–Crippen MR) is 126 cm³/mol. The minimum atomic E-state index is -0.795. The number of nitrogens with one attached hydrogen (secondary N) is 1. The number of hydrogen-bond donors (Lipinski definition) is 2. The van der Waals surface area contributed by atoms with Gasteiger partial charge >= 0.3 is 12.1 Å². The van der Waals surface area contributed by atoms with Gasteiger partial charge in [-0.25, -0.2) is 4.79 Å². The van der Waals surface area contributed by atoms with Crippen LogP contribution in [0.25, 0.3) is 11.1 Å². The predicted octanol–water partition coefficient (Wildman–Crippen LogP) is 3.87. The van der Waals surface area contributed by atoms with E-state index in [1.165, 1.54) is 22.3 Å². The number of benzene rings is 2. The van der Waals surface area contributed by atoms with Crippen LogP contribution in [0.3, 0.4) is 0 Å². The molecule has 7 heteroatoms. The molecule has 2 heterocycles. The highest BCUT2D eigenvalue weighted by molar-refractivity contribution is 5.81. The Morgan fingerprint density at radius 2 is 1.74 bits per heavy atom. The lowest BCUT2D eigenvalue weighted by Gasteiger charge is -2.33. The van der Waals surface area contributed by atoms with Crippen molar-refractivity contribution in [1.82, 2.24) is 10.2 Å². The van der Waals surface area contributed by atoms with Crippen molar-refractivity contribution in [3.05, 3.63) is 59.7 Å². The maximum Gasteiger partial charge on any atom is 0.407 e. The highest BCUT2D eigenvalue weighted by atomic mass is 16.5. The number of fused-ring (bicyclic) bond motifs is 4. The van der Waals surface area contributed by atoms with Gasteiger partial charge in [-0.15, -0.1) is 0 Å². The van der Waals surface area contributed by atoms with Crippen LogP contribution in [-0.4, -0.2) is 53.7 Å². The number of carbonyl (C=O) groups is 3. The van der Waals surface area contributed by atoms with Gasteiger partial charge in [-0.2, -0.15) is 0 Å². The fourth-order valence-corrected chi connectivity index (χ4v) is 5.86. The van der Waals surface area contributed by atoms with Crippen molar-refractivity contribution in [3.63, 3.8) is 0 Å². The van der Waals surface area contributed by atoms with Crippen LogP contribution in [0.15, 0.2) is 48.5 Å². The smallest absolute Gasteiger partial charge is 0.407 e. The molecule has 0 aromatic heterocycles. The van der Waals surface area contributed by atoms with Crippen LogP contribution >= 0.6 is 0 Å². The number of ether oxygens (including phenoxy) is 1. The van der Waals surface area contributed by atoms with Crippen molar-refractivity contribution >= 4 is 18.0 Å². The van der Waals surface area contributed by atoms with E-state index in [-0.39, 0.29) is 36.3 Å². The molecule has 6 rings (SSSR count). The summed E-state index contributed by atoms with van der Waals surface area (Å²) >= 11 is 0. The average Bonchev–Trinajstić information content (AvgIpc) is 3.48. The van der Waals surface area contributed by atoms with Crippen molar-refractivity contribution in [1.29, 1.82) is 0 Å². The van der Waals surface area contributed by atoms with Crippen molar-refractivity contribution in [2.45, 2.75) is 38.1 Å². The van der Waals surface area contributed by atoms with Crippen LogP contribution in [0.2, 0.25) is 0 Å². The Hall–Kier alpha value is -3.35. The summed E-state index contributed by atoms with van der Waals surface area (Å²) < 4.78 is 5.56. The van der Waals surface area contributed by atoms with E-state index >= 15 is 0 Å². The summed E-state index contributed by atoms with van der Waals surface area (Å²) in [6.45, 7) is 3.24. The molecule has 4 aliphatic rings. The molecule has 34 heavy (non-hydrogen) atoms. The van der Waals surface area contributed by atoms with Gasteiger partial charge in [0.2, 0.25) is 5.91 Å².